The van der Waals surface area contributed by atoms with Crippen molar-refractivity contribution in [2.75, 3.05) is 7.05 Å². The number of carbonyl (C=O) groups excluding carboxylic acids is 1. The zero-order valence-corrected chi connectivity index (χ0v) is 12.9. The normalized spacial score (nSPS) is 10.7. The largest absolute Gasteiger partial charge is 0.341 e. The SMILES string of the molecule is CN(Cc1cnn(-c2ccccc2)c1)C(=O)CCn1cncn1. The third-order valence-corrected chi connectivity index (χ3v) is 3.52. The van der Waals surface area contributed by atoms with Gasteiger partial charge in [-0.1, -0.05) is 18.2 Å². The molecule has 0 bridgehead atoms. The molecule has 0 saturated carbocycles. The van der Waals surface area contributed by atoms with Crippen LogP contribution in [0.2, 0.25) is 0 Å². The molecule has 0 saturated heterocycles. The van der Waals surface area contributed by atoms with Gasteiger partial charge in [0.2, 0.25) is 5.91 Å². The lowest BCUT2D eigenvalue weighted by Crippen LogP contribution is -2.27. The molecule has 0 aliphatic heterocycles. The van der Waals surface area contributed by atoms with Crippen LogP contribution in [0.25, 0.3) is 5.69 Å². The second-order valence-corrected chi connectivity index (χ2v) is 5.29. The van der Waals surface area contributed by atoms with Crippen molar-refractivity contribution in [3.8, 4) is 5.69 Å². The molecule has 0 atom stereocenters. The van der Waals surface area contributed by atoms with Gasteiger partial charge in [-0.05, 0) is 12.1 Å². The Morgan fingerprint density at radius 3 is 2.78 bits per heavy atom. The van der Waals surface area contributed by atoms with Crippen LogP contribution in [0.5, 0.6) is 0 Å². The summed E-state index contributed by atoms with van der Waals surface area (Å²) >= 11 is 0. The molecule has 2 heterocycles. The van der Waals surface area contributed by atoms with Gasteiger partial charge >= 0.3 is 0 Å². The van der Waals surface area contributed by atoms with Gasteiger partial charge in [-0.2, -0.15) is 10.2 Å². The fourth-order valence-corrected chi connectivity index (χ4v) is 2.27. The Morgan fingerprint density at radius 1 is 1.22 bits per heavy atom. The molecule has 118 valence electrons. The standard InChI is InChI=1S/C16H18N6O/c1-20(16(23)7-8-21-13-17-12-19-21)10-14-9-18-22(11-14)15-5-3-2-4-6-15/h2-6,9,11-13H,7-8,10H2,1H3. The Morgan fingerprint density at radius 2 is 2.04 bits per heavy atom. The van der Waals surface area contributed by atoms with Crippen LogP contribution in [0.4, 0.5) is 0 Å². The first-order valence-electron chi connectivity index (χ1n) is 7.38. The average molecular weight is 310 g/mol. The van der Waals surface area contributed by atoms with Gasteiger partial charge in [0, 0.05) is 31.8 Å². The van der Waals surface area contributed by atoms with Gasteiger partial charge in [0.15, 0.2) is 0 Å². The molecule has 0 N–H and O–H groups in total. The highest BCUT2D eigenvalue weighted by atomic mass is 16.2. The number of nitrogens with zero attached hydrogens (tertiary/aromatic N) is 6. The summed E-state index contributed by atoms with van der Waals surface area (Å²) in [6, 6.07) is 9.88. The van der Waals surface area contributed by atoms with Crippen LogP contribution in [0.15, 0.2) is 55.4 Å². The molecule has 2 aromatic heterocycles. The van der Waals surface area contributed by atoms with E-state index in [1.165, 1.54) is 6.33 Å². The van der Waals surface area contributed by atoms with Crippen LogP contribution < -0.4 is 0 Å². The second-order valence-electron chi connectivity index (χ2n) is 5.29. The van der Waals surface area contributed by atoms with Crippen LogP contribution in [-0.4, -0.2) is 42.4 Å². The number of hydrogen-bond donors (Lipinski definition) is 0. The van der Waals surface area contributed by atoms with Gasteiger partial charge in [0.1, 0.15) is 12.7 Å². The van der Waals surface area contributed by atoms with Crippen molar-refractivity contribution >= 4 is 5.91 Å². The van der Waals surface area contributed by atoms with Crippen LogP contribution in [0.1, 0.15) is 12.0 Å². The van der Waals surface area contributed by atoms with E-state index < -0.39 is 0 Å². The van der Waals surface area contributed by atoms with Crippen molar-refractivity contribution in [2.45, 2.75) is 19.5 Å². The highest BCUT2D eigenvalue weighted by Crippen LogP contribution is 2.09. The summed E-state index contributed by atoms with van der Waals surface area (Å²) < 4.78 is 3.46. The molecule has 1 aromatic carbocycles. The monoisotopic (exact) mass is 310 g/mol. The van der Waals surface area contributed by atoms with Crippen molar-refractivity contribution in [3.05, 3.63) is 60.9 Å². The predicted octanol–water partition coefficient (Wildman–Crippen LogP) is 1.51. The summed E-state index contributed by atoms with van der Waals surface area (Å²) in [6.45, 7) is 1.06. The number of amides is 1. The molecule has 0 radical (unpaired) electrons. The molecule has 1 amide bonds. The summed E-state index contributed by atoms with van der Waals surface area (Å²) in [5.41, 5.74) is 1.99. The molecule has 0 aliphatic carbocycles. The van der Waals surface area contributed by atoms with Gasteiger partial charge in [0.05, 0.1) is 18.4 Å². The lowest BCUT2D eigenvalue weighted by Gasteiger charge is -2.16. The number of aromatic nitrogens is 5. The van der Waals surface area contributed by atoms with Crippen molar-refractivity contribution in [3.63, 3.8) is 0 Å². The van der Waals surface area contributed by atoms with Crippen molar-refractivity contribution < 1.29 is 4.79 Å². The number of benzene rings is 1. The molecule has 7 nitrogen and oxygen atoms in total. The smallest absolute Gasteiger partial charge is 0.224 e. The Kier molecular flexibility index (Phi) is 4.46. The van der Waals surface area contributed by atoms with Gasteiger partial charge in [0.25, 0.3) is 0 Å². The van der Waals surface area contributed by atoms with E-state index in [0.717, 1.165) is 11.3 Å². The topological polar surface area (TPSA) is 68.8 Å². The molecule has 0 spiro atoms. The maximum atomic E-state index is 12.2. The molecular weight excluding hydrogens is 292 g/mol. The minimum absolute atomic E-state index is 0.0629. The first-order chi connectivity index (χ1) is 11.2. The summed E-state index contributed by atoms with van der Waals surface area (Å²) in [5.74, 6) is 0.0629. The Bertz CT molecular complexity index is 750. The fourth-order valence-electron chi connectivity index (χ4n) is 2.27. The molecule has 0 fully saturated rings. The van der Waals surface area contributed by atoms with E-state index >= 15 is 0 Å². The third kappa shape index (κ3) is 3.82. The van der Waals surface area contributed by atoms with Crippen molar-refractivity contribution in [1.29, 1.82) is 0 Å². The van der Waals surface area contributed by atoms with Crippen molar-refractivity contribution in [2.24, 2.45) is 0 Å². The molecule has 0 aliphatic rings. The first kappa shape index (κ1) is 15.0. The maximum absolute atomic E-state index is 12.2. The fraction of sp³-hybridized carbons (Fsp3) is 0.250. The van der Waals surface area contributed by atoms with Crippen LogP contribution in [0.3, 0.4) is 0 Å². The number of carbonyl (C=O) groups is 1. The van der Waals surface area contributed by atoms with E-state index in [4.69, 9.17) is 0 Å². The van der Waals surface area contributed by atoms with E-state index in [-0.39, 0.29) is 5.91 Å². The Hall–Kier alpha value is -2.96. The number of hydrogen-bond acceptors (Lipinski definition) is 4. The lowest BCUT2D eigenvalue weighted by molar-refractivity contribution is -0.130. The average Bonchev–Trinajstić information content (AvgIpc) is 3.25. The Labute approximate surface area is 134 Å². The van der Waals surface area contributed by atoms with E-state index in [1.54, 1.807) is 29.2 Å². The van der Waals surface area contributed by atoms with Gasteiger partial charge in [-0.25, -0.2) is 9.67 Å². The lowest BCUT2D eigenvalue weighted by atomic mass is 10.3. The highest BCUT2D eigenvalue weighted by Gasteiger charge is 2.11. The van der Waals surface area contributed by atoms with E-state index in [1.807, 2.05) is 41.2 Å². The van der Waals surface area contributed by atoms with Gasteiger partial charge in [-0.15, -0.1) is 0 Å². The summed E-state index contributed by atoms with van der Waals surface area (Å²) in [7, 11) is 1.80. The van der Waals surface area contributed by atoms with Crippen LogP contribution in [0, 0.1) is 0 Å². The van der Waals surface area contributed by atoms with Crippen molar-refractivity contribution in [1.82, 2.24) is 29.4 Å². The summed E-state index contributed by atoms with van der Waals surface area (Å²) in [4.78, 5) is 17.7. The first-order valence-corrected chi connectivity index (χ1v) is 7.38. The zero-order valence-electron chi connectivity index (χ0n) is 12.9. The van der Waals surface area contributed by atoms with E-state index in [0.29, 0.717) is 19.5 Å². The van der Waals surface area contributed by atoms with Gasteiger partial charge in [-0.3, -0.25) is 9.48 Å². The molecule has 3 aromatic rings. The minimum atomic E-state index is 0.0629. The quantitative estimate of drug-likeness (QED) is 0.692. The second kappa shape index (κ2) is 6.87. The minimum Gasteiger partial charge on any atom is -0.341 e. The van der Waals surface area contributed by atoms with Crippen LogP contribution >= 0.6 is 0 Å². The van der Waals surface area contributed by atoms with Crippen LogP contribution in [-0.2, 0) is 17.9 Å². The molecular formula is C16H18N6O. The zero-order chi connectivity index (χ0) is 16.1. The van der Waals surface area contributed by atoms with E-state index in [9.17, 15) is 4.79 Å². The third-order valence-electron chi connectivity index (χ3n) is 3.52. The Balaban J connectivity index is 1.56. The highest BCUT2D eigenvalue weighted by molar-refractivity contribution is 5.75. The molecule has 7 heteroatoms. The number of para-hydroxylation sites is 1. The predicted molar refractivity (Wildman–Crippen MR) is 84.7 cm³/mol. The molecule has 3 rings (SSSR count). The maximum Gasteiger partial charge on any atom is 0.224 e. The number of rotatable bonds is 6. The summed E-state index contributed by atoms with van der Waals surface area (Å²) in [6.07, 6.45) is 7.20. The molecule has 0 unspecified atom stereocenters. The van der Waals surface area contributed by atoms with Gasteiger partial charge < -0.3 is 4.90 Å². The summed E-state index contributed by atoms with van der Waals surface area (Å²) in [5, 5.41) is 8.33. The molecule has 23 heavy (non-hydrogen) atoms. The van der Waals surface area contributed by atoms with E-state index in [2.05, 4.69) is 15.2 Å². The number of aryl methyl sites for hydroxylation is 1.